The third kappa shape index (κ3) is 3.92. The van der Waals surface area contributed by atoms with E-state index in [4.69, 9.17) is 4.74 Å². The van der Waals surface area contributed by atoms with Crippen molar-refractivity contribution in [3.05, 3.63) is 95.7 Å². The number of carboxylic acid groups (broad SMARTS) is 1. The first-order chi connectivity index (χ1) is 16.6. The number of nitrogens with one attached hydrogen (secondary N) is 1. The largest absolute Gasteiger partial charge is 0.480 e. The number of carbonyl (C=O) groups is 2. The lowest BCUT2D eigenvalue weighted by Crippen LogP contribution is -2.42. The Hall–Kier alpha value is -4.06. The molecule has 0 saturated heterocycles. The standard InChI is InChI=1S/C28H26N2O4/c1-2-30-16-18(19-9-7-8-14-26(19)30)15-25(27(31)32)29-28(33)34-17-24-22-12-5-3-10-20(22)21-11-4-6-13-23(21)24/h3-14,16,24-25H,2,15,17H2,1H3,(H,29,33)(H,31,32)/t25-/m0/s1. The molecule has 4 aromatic rings. The van der Waals surface area contributed by atoms with Crippen molar-refractivity contribution in [2.24, 2.45) is 0 Å². The van der Waals surface area contributed by atoms with Crippen LogP contribution in [0.15, 0.2) is 79.0 Å². The summed E-state index contributed by atoms with van der Waals surface area (Å²) >= 11 is 0. The Kier molecular flexibility index (Phi) is 5.80. The summed E-state index contributed by atoms with van der Waals surface area (Å²) in [6, 6.07) is 23.0. The number of ether oxygens (including phenoxy) is 1. The molecule has 1 amide bonds. The van der Waals surface area contributed by atoms with Crippen molar-refractivity contribution >= 4 is 23.0 Å². The number of rotatable bonds is 7. The number of benzene rings is 3. The second-order valence-electron chi connectivity index (χ2n) is 8.52. The number of aliphatic carboxylic acids is 1. The summed E-state index contributed by atoms with van der Waals surface area (Å²) in [4.78, 5) is 24.6. The van der Waals surface area contributed by atoms with Gasteiger partial charge in [0.2, 0.25) is 0 Å². The summed E-state index contributed by atoms with van der Waals surface area (Å²) in [5.74, 6) is -1.18. The lowest BCUT2D eigenvalue weighted by Gasteiger charge is -2.17. The quantitative estimate of drug-likeness (QED) is 0.402. The summed E-state index contributed by atoms with van der Waals surface area (Å²) in [6.07, 6.45) is 1.40. The number of amides is 1. The zero-order valence-electron chi connectivity index (χ0n) is 18.9. The summed E-state index contributed by atoms with van der Waals surface area (Å²) in [7, 11) is 0. The lowest BCUT2D eigenvalue weighted by molar-refractivity contribution is -0.139. The maximum absolute atomic E-state index is 12.7. The number of carboxylic acids is 1. The van der Waals surface area contributed by atoms with E-state index >= 15 is 0 Å². The molecule has 1 aromatic heterocycles. The number of hydrogen-bond acceptors (Lipinski definition) is 3. The summed E-state index contributed by atoms with van der Waals surface area (Å²) < 4.78 is 7.63. The number of aromatic nitrogens is 1. The van der Waals surface area contributed by atoms with Gasteiger partial charge in [-0.3, -0.25) is 0 Å². The summed E-state index contributed by atoms with van der Waals surface area (Å²) in [5, 5.41) is 13.3. The maximum atomic E-state index is 12.7. The van der Waals surface area contributed by atoms with Crippen LogP contribution in [-0.2, 0) is 22.5 Å². The molecule has 3 aromatic carbocycles. The van der Waals surface area contributed by atoms with Crippen molar-refractivity contribution in [3.63, 3.8) is 0 Å². The van der Waals surface area contributed by atoms with E-state index in [9.17, 15) is 14.7 Å². The highest BCUT2D eigenvalue weighted by atomic mass is 16.5. The lowest BCUT2D eigenvalue weighted by atomic mass is 9.98. The monoisotopic (exact) mass is 454 g/mol. The first-order valence-corrected chi connectivity index (χ1v) is 11.5. The van der Waals surface area contributed by atoms with Crippen LogP contribution < -0.4 is 5.32 Å². The van der Waals surface area contributed by atoms with Crippen LogP contribution in [-0.4, -0.2) is 34.4 Å². The molecule has 2 N–H and O–H groups in total. The number of aryl methyl sites for hydroxylation is 1. The van der Waals surface area contributed by atoms with E-state index in [0.717, 1.165) is 45.3 Å². The van der Waals surface area contributed by atoms with E-state index < -0.39 is 18.1 Å². The van der Waals surface area contributed by atoms with Crippen LogP contribution in [0.25, 0.3) is 22.0 Å². The normalized spacial score (nSPS) is 13.3. The van der Waals surface area contributed by atoms with E-state index in [-0.39, 0.29) is 18.9 Å². The molecule has 0 spiro atoms. The topological polar surface area (TPSA) is 80.6 Å². The molecule has 0 aliphatic heterocycles. The van der Waals surface area contributed by atoms with Crippen LogP contribution in [0.5, 0.6) is 0 Å². The molecule has 0 unspecified atom stereocenters. The minimum absolute atomic E-state index is 0.0797. The number of nitrogens with zero attached hydrogens (tertiary/aromatic N) is 1. The fraction of sp³-hybridized carbons (Fsp3) is 0.214. The molecule has 0 saturated carbocycles. The van der Waals surface area contributed by atoms with Crippen molar-refractivity contribution in [2.45, 2.75) is 31.8 Å². The summed E-state index contributed by atoms with van der Waals surface area (Å²) in [6.45, 7) is 2.96. The van der Waals surface area contributed by atoms with E-state index in [1.165, 1.54) is 0 Å². The maximum Gasteiger partial charge on any atom is 0.407 e. The molecule has 0 fully saturated rings. The average molecular weight is 455 g/mol. The molecule has 0 bridgehead atoms. The summed E-state index contributed by atoms with van der Waals surface area (Å²) in [5.41, 5.74) is 6.43. The molecule has 6 nitrogen and oxygen atoms in total. The molecule has 1 heterocycles. The zero-order valence-corrected chi connectivity index (χ0v) is 18.9. The highest BCUT2D eigenvalue weighted by Gasteiger charge is 2.30. The Balaban J connectivity index is 1.30. The molecule has 1 atom stereocenters. The Morgan fingerprint density at radius 3 is 2.24 bits per heavy atom. The highest BCUT2D eigenvalue weighted by Crippen LogP contribution is 2.44. The molecule has 0 radical (unpaired) electrons. The van der Waals surface area contributed by atoms with Crippen LogP contribution in [0.4, 0.5) is 4.79 Å². The fourth-order valence-corrected chi connectivity index (χ4v) is 4.95. The predicted molar refractivity (Wildman–Crippen MR) is 131 cm³/mol. The molecule has 1 aliphatic rings. The van der Waals surface area contributed by atoms with Gasteiger partial charge in [-0.2, -0.15) is 0 Å². The Labute approximate surface area is 197 Å². The van der Waals surface area contributed by atoms with E-state index in [2.05, 4.69) is 22.0 Å². The number of hydrogen-bond donors (Lipinski definition) is 2. The van der Waals surface area contributed by atoms with Crippen molar-refractivity contribution in [3.8, 4) is 11.1 Å². The first kappa shape index (κ1) is 21.8. The second kappa shape index (κ2) is 9.06. The van der Waals surface area contributed by atoms with Crippen molar-refractivity contribution in [1.82, 2.24) is 9.88 Å². The van der Waals surface area contributed by atoms with Crippen molar-refractivity contribution in [2.75, 3.05) is 6.61 Å². The minimum Gasteiger partial charge on any atom is -0.480 e. The average Bonchev–Trinajstić information content (AvgIpc) is 3.38. The van der Waals surface area contributed by atoms with Gasteiger partial charge < -0.3 is 19.7 Å². The number of fused-ring (bicyclic) bond motifs is 4. The van der Waals surface area contributed by atoms with Gasteiger partial charge in [0.15, 0.2) is 0 Å². The molecule has 1 aliphatic carbocycles. The molecular weight excluding hydrogens is 428 g/mol. The minimum atomic E-state index is -1.10. The molecule has 6 heteroatoms. The van der Waals surface area contributed by atoms with Gasteiger partial charge in [0, 0.05) is 36.0 Å². The van der Waals surface area contributed by atoms with Gasteiger partial charge in [-0.05, 0) is 40.8 Å². The molecule has 34 heavy (non-hydrogen) atoms. The number of para-hydroxylation sites is 1. The third-order valence-electron chi connectivity index (χ3n) is 6.57. The Morgan fingerprint density at radius 2 is 1.59 bits per heavy atom. The van der Waals surface area contributed by atoms with Gasteiger partial charge >= 0.3 is 12.1 Å². The first-order valence-electron chi connectivity index (χ1n) is 11.5. The number of carbonyl (C=O) groups excluding carboxylic acids is 1. The molecule has 5 rings (SSSR count). The number of alkyl carbamates (subject to hydrolysis) is 1. The van der Waals surface area contributed by atoms with Crippen molar-refractivity contribution < 1.29 is 19.4 Å². The van der Waals surface area contributed by atoms with Crippen LogP contribution in [0, 0.1) is 0 Å². The van der Waals surface area contributed by atoms with Crippen molar-refractivity contribution in [1.29, 1.82) is 0 Å². The van der Waals surface area contributed by atoms with Gasteiger partial charge in [0.25, 0.3) is 0 Å². The van der Waals surface area contributed by atoms with E-state index in [1.807, 2.05) is 73.8 Å². The van der Waals surface area contributed by atoms with Crippen LogP contribution in [0.2, 0.25) is 0 Å². The molecular formula is C28H26N2O4. The zero-order chi connectivity index (χ0) is 23.7. The van der Waals surface area contributed by atoms with Gasteiger partial charge in [0.05, 0.1) is 0 Å². The van der Waals surface area contributed by atoms with E-state index in [1.54, 1.807) is 0 Å². The van der Waals surface area contributed by atoms with Gasteiger partial charge in [-0.1, -0.05) is 66.7 Å². The predicted octanol–water partition coefficient (Wildman–Crippen LogP) is 5.20. The van der Waals surface area contributed by atoms with Gasteiger partial charge in [0.1, 0.15) is 12.6 Å². The Bertz CT molecular complexity index is 1330. The molecule has 172 valence electrons. The highest BCUT2D eigenvalue weighted by molar-refractivity contribution is 5.86. The smallest absolute Gasteiger partial charge is 0.407 e. The van der Waals surface area contributed by atoms with Gasteiger partial charge in [-0.25, -0.2) is 9.59 Å². The van der Waals surface area contributed by atoms with E-state index in [0.29, 0.717) is 0 Å². The van der Waals surface area contributed by atoms with Gasteiger partial charge in [-0.15, -0.1) is 0 Å². The second-order valence-corrected chi connectivity index (χ2v) is 8.52. The van der Waals surface area contributed by atoms with Crippen LogP contribution >= 0.6 is 0 Å². The van der Waals surface area contributed by atoms with Crippen LogP contribution in [0.3, 0.4) is 0 Å². The fourth-order valence-electron chi connectivity index (χ4n) is 4.95. The SMILES string of the molecule is CCn1cc(C[C@H](NC(=O)OCC2c3ccccc3-c3ccccc32)C(=O)O)c2ccccc21. The Morgan fingerprint density at radius 1 is 0.971 bits per heavy atom. The third-order valence-corrected chi connectivity index (χ3v) is 6.57. The van der Waals surface area contributed by atoms with Crippen LogP contribution in [0.1, 0.15) is 29.5 Å².